The van der Waals surface area contributed by atoms with Crippen molar-refractivity contribution in [2.24, 2.45) is 5.73 Å². The third kappa shape index (κ3) is 3.70. The van der Waals surface area contributed by atoms with Gasteiger partial charge in [0.15, 0.2) is 0 Å². The fraction of sp³-hybridized carbons (Fsp3) is 0.417. The van der Waals surface area contributed by atoms with Crippen LogP contribution in [0, 0.1) is 0 Å². The topological polar surface area (TPSA) is 97.6 Å². The molecule has 1 heterocycles. The third-order valence-corrected chi connectivity index (χ3v) is 3.18. The highest BCUT2D eigenvalue weighted by Gasteiger charge is 2.22. The van der Waals surface area contributed by atoms with Crippen LogP contribution in [0.25, 0.3) is 0 Å². The van der Waals surface area contributed by atoms with Crippen molar-refractivity contribution in [2.45, 2.75) is 20.3 Å². The van der Waals surface area contributed by atoms with E-state index in [2.05, 4.69) is 9.69 Å². The Hall–Kier alpha value is -2.09. The van der Waals surface area contributed by atoms with Crippen molar-refractivity contribution >= 4 is 28.5 Å². The van der Waals surface area contributed by atoms with E-state index in [0.717, 1.165) is 11.5 Å². The number of rotatable bonds is 5. The number of ether oxygens (including phenoxy) is 1. The van der Waals surface area contributed by atoms with Crippen LogP contribution in [0.15, 0.2) is 11.8 Å². The predicted octanol–water partition coefficient (Wildman–Crippen LogP) is 2.03. The third-order valence-electron chi connectivity index (χ3n) is 2.43. The van der Waals surface area contributed by atoms with Gasteiger partial charge in [0.25, 0.3) is 5.91 Å². The van der Waals surface area contributed by atoms with Crippen molar-refractivity contribution < 1.29 is 14.3 Å². The maximum Gasteiger partial charge on any atom is 0.321 e. The maximum atomic E-state index is 11.6. The second-order valence-corrected chi connectivity index (χ2v) is 4.86. The Morgan fingerprint density at radius 2 is 2.15 bits per heavy atom. The van der Waals surface area contributed by atoms with E-state index < -0.39 is 5.91 Å². The van der Waals surface area contributed by atoms with Gasteiger partial charge in [-0.2, -0.15) is 4.37 Å². The fourth-order valence-electron chi connectivity index (χ4n) is 1.32. The molecule has 20 heavy (non-hydrogen) atoms. The number of carbonyl (C=O) groups is 2. The number of urea groups is 1. The summed E-state index contributed by atoms with van der Waals surface area (Å²) in [6.07, 6.45) is 2.44. The molecule has 3 N–H and O–H groups in total. The molecule has 1 rings (SSSR count). The summed E-state index contributed by atoms with van der Waals surface area (Å²) in [6.45, 7) is 3.74. The number of hydrogen-bond acceptors (Lipinski definition) is 5. The van der Waals surface area contributed by atoms with Gasteiger partial charge >= 0.3 is 6.03 Å². The molecule has 0 aliphatic rings. The molecule has 8 heteroatoms. The van der Waals surface area contributed by atoms with E-state index in [9.17, 15) is 9.59 Å². The van der Waals surface area contributed by atoms with Gasteiger partial charge in [-0.3, -0.25) is 10.1 Å². The van der Waals surface area contributed by atoms with E-state index in [1.54, 1.807) is 20.2 Å². The summed E-state index contributed by atoms with van der Waals surface area (Å²) in [4.78, 5) is 24.5. The monoisotopic (exact) mass is 298 g/mol. The number of amides is 3. The molecule has 7 nitrogen and oxygen atoms in total. The second kappa shape index (κ2) is 6.90. The van der Waals surface area contributed by atoms with Crippen LogP contribution in [0.2, 0.25) is 0 Å². The first-order valence-corrected chi connectivity index (χ1v) is 6.78. The van der Waals surface area contributed by atoms with Gasteiger partial charge in [0.2, 0.25) is 5.88 Å². The zero-order chi connectivity index (χ0) is 15.3. The van der Waals surface area contributed by atoms with Gasteiger partial charge in [0.05, 0.1) is 0 Å². The highest BCUT2D eigenvalue weighted by atomic mass is 32.1. The molecule has 1 aromatic heterocycles. The molecule has 0 saturated carbocycles. The number of nitrogens with zero attached hydrogens (tertiary/aromatic N) is 2. The molecule has 0 spiro atoms. The van der Waals surface area contributed by atoms with E-state index in [1.807, 2.05) is 13.8 Å². The van der Waals surface area contributed by atoms with Gasteiger partial charge in [-0.15, -0.1) is 0 Å². The molecule has 3 amide bonds. The minimum atomic E-state index is -0.700. The number of nitrogens with two attached hydrogens (primary N) is 1. The average Bonchev–Trinajstić information content (AvgIpc) is 2.78. The Morgan fingerprint density at radius 3 is 2.60 bits per heavy atom. The number of primary amides is 1. The van der Waals surface area contributed by atoms with Crippen molar-refractivity contribution in [1.82, 2.24) is 9.27 Å². The van der Waals surface area contributed by atoms with Crippen molar-refractivity contribution in [3.8, 4) is 5.88 Å². The first-order valence-electron chi connectivity index (χ1n) is 6.01. The Labute approximate surface area is 121 Å². The van der Waals surface area contributed by atoms with Crippen LogP contribution in [-0.2, 0) is 0 Å². The lowest BCUT2D eigenvalue weighted by atomic mass is 10.3. The first kappa shape index (κ1) is 16.0. The first-order chi connectivity index (χ1) is 9.40. The van der Waals surface area contributed by atoms with Crippen molar-refractivity contribution in [3.05, 3.63) is 17.4 Å². The van der Waals surface area contributed by atoms with Crippen LogP contribution < -0.4 is 15.8 Å². The molecule has 0 aliphatic heterocycles. The molecule has 0 fully saturated rings. The molecule has 0 unspecified atom stereocenters. The van der Waals surface area contributed by atoms with E-state index in [0.29, 0.717) is 12.2 Å². The standard InChI is InChI=1S/C12H18N4O3S/c1-5-7(6-2)19-10-8(9(13)17)11(20-15-10)14-12(18)16(3)4/h5H,6H2,1-4H3,(H2,13,17)(H,14,18). The lowest BCUT2D eigenvalue weighted by Crippen LogP contribution is -2.28. The molecule has 0 saturated heterocycles. The van der Waals surface area contributed by atoms with Crippen molar-refractivity contribution in [2.75, 3.05) is 19.4 Å². The van der Waals surface area contributed by atoms with E-state index in [-0.39, 0.29) is 22.5 Å². The minimum absolute atomic E-state index is 0.0815. The van der Waals surface area contributed by atoms with E-state index >= 15 is 0 Å². The molecule has 0 radical (unpaired) electrons. The molecule has 0 atom stereocenters. The van der Waals surface area contributed by atoms with E-state index in [4.69, 9.17) is 10.5 Å². The lowest BCUT2D eigenvalue weighted by Gasteiger charge is -2.11. The van der Waals surface area contributed by atoms with Crippen LogP contribution in [0.5, 0.6) is 5.88 Å². The van der Waals surface area contributed by atoms with Gasteiger partial charge < -0.3 is 15.4 Å². The van der Waals surface area contributed by atoms with Crippen LogP contribution in [0.3, 0.4) is 0 Å². The largest absolute Gasteiger partial charge is 0.442 e. The Kier molecular flexibility index (Phi) is 5.51. The van der Waals surface area contributed by atoms with E-state index in [1.165, 1.54) is 4.90 Å². The molecular formula is C12H18N4O3S. The summed E-state index contributed by atoms with van der Waals surface area (Å²) in [5.74, 6) is 0.0872. The van der Waals surface area contributed by atoms with Crippen molar-refractivity contribution in [1.29, 1.82) is 0 Å². The zero-order valence-electron chi connectivity index (χ0n) is 11.9. The quantitative estimate of drug-likeness (QED) is 0.813. The molecule has 1 aromatic rings. The van der Waals surface area contributed by atoms with Crippen molar-refractivity contribution in [3.63, 3.8) is 0 Å². The highest BCUT2D eigenvalue weighted by Crippen LogP contribution is 2.31. The summed E-state index contributed by atoms with van der Waals surface area (Å²) >= 11 is 0.952. The molecule has 0 aliphatic carbocycles. The van der Waals surface area contributed by atoms with Crippen LogP contribution in [0.1, 0.15) is 30.6 Å². The summed E-state index contributed by atoms with van der Waals surface area (Å²) in [5, 5.41) is 2.84. The Balaban J connectivity index is 3.07. The number of allylic oxidation sites excluding steroid dienone is 2. The summed E-state index contributed by atoms with van der Waals surface area (Å²) in [7, 11) is 3.18. The number of nitrogens with one attached hydrogen (secondary N) is 1. The minimum Gasteiger partial charge on any atom is -0.442 e. The summed E-state index contributed by atoms with van der Waals surface area (Å²) in [5.41, 5.74) is 5.42. The van der Waals surface area contributed by atoms with Crippen LogP contribution in [-0.4, -0.2) is 35.3 Å². The number of aromatic nitrogens is 1. The van der Waals surface area contributed by atoms with Gasteiger partial charge in [-0.1, -0.05) is 6.92 Å². The fourth-order valence-corrected chi connectivity index (χ4v) is 2.03. The molecule has 0 aromatic carbocycles. The second-order valence-electron chi connectivity index (χ2n) is 4.09. The number of anilines is 1. The molecule has 110 valence electrons. The zero-order valence-corrected chi connectivity index (χ0v) is 12.7. The molecular weight excluding hydrogens is 280 g/mol. The SMILES string of the molecule is CC=C(CC)Oc1nsc(NC(=O)N(C)C)c1C(N)=O. The van der Waals surface area contributed by atoms with Gasteiger partial charge in [-0.05, 0) is 24.5 Å². The maximum absolute atomic E-state index is 11.6. The van der Waals surface area contributed by atoms with Gasteiger partial charge in [-0.25, -0.2) is 4.79 Å². The van der Waals surface area contributed by atoms with Crippen LogP contribution >= 0.6 is 11.5 Å². The lowest BCUT2D eigenvalue weighted by molar-refractivity contribution is 0.0998. The summed E-state index contributed by atoms with van der Waals surface area (Å²) in [6, 6.07) is -0.371. The van der Waals surface area contributed by atoms with Gasteiger partial charge in [0.1, 0.15) is 16.3 Å². The average molecular weight is 298 g/mol. The van der Waals surface area contributed by atoms with Gasteiger partial charge in [0, 0.05) is 20.5 Å². The predicted molar refractivity (Wildman–Crippen MR) is 78.0 cm³/mol. The van der Waals surface area contributed by atoms with Crippen LogP contribution in [0.4, 0.5) is 9.80 Å². The normalized spacial score (nSPS) is 11.1. The Morgan fingerprint density at radius 1 is 1.50 bits per heavy atom. The smallest absolute Gasteiger partial charge is 0.321 e. The molecule has 0 bridgehead atoms. The number of hydrogen-bond donors (Lipinski definition) is 2. The summed E-state index contributed by atoms with van der Waals surface area (Å²) < 4.78 is 9.55. The highest BCUT2D eigenvalue weighted by molar-refractivity contribution is 7.11. The number of carbonyl (C=O) groups excluding carboxylic acids is 2. The Bertz CT molecular complexity index is 537.